The Labute approximate surface area is 64.9 Å². The average Bonchev–Trinajstić information content (AvgIpc) is 2.32. The number of carbonyl (C=O) groups excluding carboxylic acids is 1. The first-order valence-corrected chi connectivity index (χ1v) is 3.80. The molecule has 0 bridgehead atoms. The van der Waals surface area contributed by atoms with Crippen molar-refractivity contribution in [3.8, 4) is 0 Å². The van der Waals surface area contributed by atoms with Crippen molar-refractivity contribution in [2.24, 2.45) is 5.92 Å². The topological polar surface area (TPSA) is 47.6 Å². The Morgan fingerprint density at radius 1 is 1.55 bits per heavy atom. The third-order valence-electron chi connectivity index (χ3n) is 2.11. The number of morpholine rings is 1. The number of fused-ring (bicyclic) bond motifs is 1. The summed E-state index contributed by atoms with van der Waals surface area (Å²) in [7, 11) is 0. The van der Waals surface area contributed by atoms with E-state index in [-0.39, 0.29) is 24.8 Å². The Balaban J connectivity index is 2.05. The van der Waals surface area contributed by atoms with Crippen molar-refractivity contribution in [3.63, 3.8) is 0 Å². The molecule has 4 heteroatoms. The second kappa shape index (κ2) is 2.46. The average molecular weight is 157 g/mol. The molecule has 1 unspecified atom stereocenters. The summed E-state index contributed by atoms with van der Waals surface area (Å²) in [5.41, 5.74) is 0. The van der Waals surface area contributed by atoms with Gasteiger partial charge in [-0.1, -0.05) is 6.92 Å². The van der Waals surface area contributed by atoms with E-state index in [2.05, 4.69) is 12.2 Å². The highest BCUT2D eigenvalue weighted by Crippen LogP contribution is 2.23. The van der Waals surface area contributed by atoms with E-state index >= 15 is 0 Å². The Kier molecular flexibility index (Phi) is 1.58. The molecule has 1 N–H and O–H groups in total. The van der Waals surface area contributed by atoms with Crippen LogP contribution in [0.5, 0.6) is 0 Å². The van der Waals surface area contributed by atoms with Crippen molar-refractivity contribution in [1.29, 1.82) is 0 Å². The molecule has 0 spiro atoms. The minimum atomic E-state index is -0.203. The van der Waals surface area contributed by atoms with Crippen LogP contribution in [0.2, 0.25) is 0 Å². The van der Waals surface area contributed by atoms with Gasteiger partial charge < -0.3 is 14.8 Å². The predicted molar refractivity (Wildman–Crippen MR) is 36.8 cm³/mol. The molecule has 2 fully saturated rings. The van der Waals surface area contributed by atoms with E-state index in [0.717, 1.165) is 0 Å². The van der Waals surface area contributed by atoms with Gasteiger partial charge in [0.1, 0.15) is 12.7 Å². The third-order valence-corrected chi connectivity index (χ3v) is 2.11. The maximum Gasteiger partial charge on any atom is 0.248 e. The third kappa shape index (κ3) is 1.12. The van der Waals surface area contributed by atoms with E-state index in [4.69, 9.17) is 9.47 Å². The van der Waals surface area contributed by atoms with Gasteiger partial charge in [-0.15, -0.1) is 0 Å². The van der Waals surface area contributed by atoms with Crippen LogP contribution < -0.4 is 5.32 Å². The van der Waals surface area contributed by atoms with Gasteiger partial charge in [0.2, 0.25) is 5.91 Å². The first-order valence-electron chi connectivity index (χ1n) is 3.80. The van der Waals surface area contributed by atoms with Crippen LogP contribution in [-0.4, -0.2) is 31.5 Å². The lowest BCUT2D eigenvalue weighted by molar-refractivity contribution is -0.145. The summed E-state index contributed by atoms with van der Waals surface area (Å²) < 4.78 is 10.6. The fraction of sp³-hybridized carbons (Fsp3) is 0.857. The molecule has 2 saturated heterocycles. The summed E-state index contributed by atoms with van der Waals surface area (Å²) in [6.45, 7) is 2.91. The van der Waals surface area contributed by atoms with Crippen molar-refractivity contribution < 1.29 is 14.3 Å². The molecule has 2 heterocycles. The van der Waals surface area contributed by atoms with E-state index < -0.39 is 0 Å². The van der Waals surface area contributed by atoms with Gasteiger partial charge in [0, 0.05) is 5.92 Å². The molecular formula is C7H11NO3. The molecule has 3 atom stereocenters. The minimum Gasteiger partial charge on any atom is -0.363 e. The van der Waals surface area contributed by atoms with Crippen LogP contribution >= 0.6 is 0 Å². The van der Waals surface area contributed by atoms with E-state index in [1.165, 1.54) is 0 Å². The predicted octanol–water partition coefficient (Wildman–Crippen LogP) is -0.506. The van der Waals surface area contributed by atoms with Gasteiger partial charge in [-0.2, -0.15) is 0 Å². The SMILES string of the molecule is CC1CO[C@@H]2NC(=O)CO[C@H]12. The van der Waals surface area contributed by atoms with Crippen molar-refractivity contribution in [2.45, 2.75) is 19.3 Å². The van der Waals surface area contributed by atoms with Crippen molar-refractivity contribution in [1.82, 2.24) is 5.32 Å². The molecule has 62 valence electrons. The second-order valence-electron chi connectivity index (χ2n) is 3.07. The van der Waals surface area contributed by atoms with E-state index in [1.807, 2.05) is 0 Å². The molecule has 1 amide bonds. The first kappa shape index (κ1) is 7.06. The quantitative estimate of drug-likeness (QED) is 0.515. The highest BCUT2D eigenvalue weighted by molar-refractivity contribution is 5.78. The maximum atomic E-state index is 10.8. The highest BCUT2D eigenvalue weighted by Gasteiger charge is 2.39. The molecule has 0 saturated carbocycles. The lowest BCUT2D eigenvalue weighted by Gasteiger charge is -2.26. The maximum absolute atomic E-state index is 10.8. The summed E-state index contributed by atoms with van der Waals surface area (Å²) in [4.78, 5) is 10.8. The lowest BCUT2D eigenvalue weighted by atomic mass is 10.1. The summed E-state index contributed by atoms with van der Waals surface area (Å²) in [5, 5.41) is 2.72. The summed E-state index contributed by atoms with van der Waals surface area (Å²) in [5.74, 6) is 0.306. The highest BCUT2D eigenvalue weighted by atomic mass is 16.6. The minimum absolute atomic E-state index is 0.0627. The smallest absolute Gasteiger partial charge is 0.248 e. The monoisotopic (exact) mass is 157 g/mol. The molecule has 0 aliphatic carbocycles. The molecule has 2 rings (SSSR count). The van der Waals surface area contributed by atoms with Crippen LogP contribution in [0, 0.1) is 5.92 Å². The van der Waals surface area contributed by atoms with Crippen LogP contribution in [0.25, 0.3) is 0 Å². The number of hydrogen-bond acceptors (Lipinski definition) is 3. The van der Waals surface area contributed by atoms with Crippen LogP contribution in [0.4, 0.5) is 0 Å². The molecule has 0 aromatic carbocycles. The van der Waals surface area contributed by atoms with E-state index in [1.54, 1.807) is 0 Å². The first-order chi connectivity index (χ1) is 5.27. The van der Waals surface area contributed by atoms with E-state index in [9.17, 15) is 4.79 Å². The van der Waals surface area contributed by atoms with Gasteiger partial charge >= 0.3 is 0 Å². The largest absolute Gasteiger partial charge is 0.363 e. The Bertz CT molecular complexity index is 183. The fourth-order valence-corrected chi connectivity index (χ4v) is 1.49. The van der Waals surface area contributed by atoms with Crippen LogP contribution in [0.15, 0.2) is 0 Å². The number of amides is 1. The molecule has 11 heavy (non-hydrogen) atoms. The molecule has 0 aromatic rings. The number of hydrogen-bond donors (Lipinski definition) is 1. The molecule has 0 radical (unpaired) electrons. The number of rotatable bonds is 0. The zero-order chi connectivity index (χ0) is 7.84. The Morgan fingerprint density at radius 2 is 2.36 bits per heavy atom. The number of nitrogens with one attached hydrogen (secondary N) is 1. The van der Waals surface area contributed by atoms with E-state index in [0.29, 0.717) is 12.5 Å². The fourth-order valence-electron chi connectivity index (χ4n) is 1.49. The van der Waals surface area contributed by atoms with Gasteiger partial charge in [-0.25, -0.2) is 0 Å². The summed E-state index contributed by atoms with van der Waals surface area (Å²) in [6.07, 6.45) is -0.140. The van der Waals surface area contributed by atoms with Crippen LogP contribution in [0.3, 0.4) is 0 Å². The Hall–Kier alpha value is -0.610. The zero-order valence-corrected chi connectivity index (χ0v) is 6.37. The lowest BCUT2D eigenvalue weighted by Crippen LogP contribution is -2.50. The van der Waals surface area contributed by atoms with Crippen LogP contribution in [-0.2, 0) is 14.3 Å². The van der Waals surface area contributed by atoms with Gasteiger partial charge in [-0.3, -0.25) is 4.79 Å². The van der Waals surface area contributed by atoms with Gasteiger partial charge in [0.25, 0.3) is 0 Å². The van der Waals surface area contributed by atoms with Crippen molar-refractivity contribution >= 4 is 5.91 Å². The summed E-state index contributed by atoms with van der Waals surface area (Å²) >= 11 is 0. The van der Waals surface area contributed by atoms with Crippen LogP contribution in [0.1, 0.15) is 6.92 Å². The van der Waals surface area contributed by atoms with Gasteiger partial charge in [0.05, 0.1) is 6.61 Å². The molecule has 4 nitrogen and oxygen atoms in total. The van der Waals surface area contributed by atoms with Gasteiger partial charge in [-0.05, 0) is 0 Å². The number of carbonyl (C=O) groups is 1. The zero-order valence-electron chi connectivity index (χ0n) is 6.37. The molecule has 2 aliphatic rings. The Morgan fingerprint density at radius 3 is 3.18 bits per heavy atom. The van der Waals surface area contributed by atoms with Gasteiger partial charge in [0.15, 0.2) is 6.23 Å². The van der Waals surface area contributed by atoms with Crippen molar-refractivity contribution in [3.05, 3.63) is 0 Å². The summed E-state index contributed by atoms with van der Waals surface area (Å²) in [6, 6.07) is 0. The molecular weight excluding hydrogens is 146 g/mol. The molecule has 0 aromatic heterocycles. The molecule has 2 aliphatic heterocycles. The normalized spacial score (nSPS) is 43.4. The number of ether oxygens (including phenoxy) is 2. The van der Waals surface area contributed by atoms with Crippen molar-refractivity contribution in [2.75, 3.05) is 13.2 Å². The standard InChI is InChI=1S/C7H11NO3/c1-4-2-11-7-6(4)10-3-5(9)8-7/h4,6-7H,2-3H2,1H3,(H,8,9)/t4?,6-,7+/m1/s1. The second-order valence-corrected chi connectivity index (χ2v) is 3.07.